The van der Waals surface area contributed by atoms with Crippen molar-refractivity contribution in [2.24, 2.45) is 0 Å². The van der Waals surface area contributed by atoms with Crippen LogP contribution in [0, 0.1) is 22.7 Å². The maximum Gasteiger partial charge on any atom is 0.130 e. The summed E-state index contributed by atoms with van der Waals surface area (Å²) in [6.45, 7) is 0.410. The molecule has 0 aliphatic carbocycles. The van der Waals surface area contributed by atoms with Crippen LogP contribution >= 0.6 is 0 Å². The molecule has 0 aliphatic rings. The topological polar surface area (TPSA) is 66.0 Å². The van der Waals surface area contributed by atoms with Gasteiger partial charge in [0.05, 0.1) is 7.11 Å². The third kappa shape index (κ3) is 4.13. The highest BCUT2D eigenvalue weighted by Gasteiger charge is 2.00. The summed E-state index contributed by atoms with van der Waals surface area (Å²) >= 11 is 0. The van der Waals surface area contributed by atoms with Gasteiger partial charge in [0.25, 0.3) is 0 Å². The van der Waals surface area contributed by atoms with E-state index in [0.29, 0.717) is 12.4 Å². The zero-order valence-electron chi connectivity index (χ0n) is 12.1. The average Bonchev–Trinajstić information content (AvgIpc) is 2.58. The molecule has 22 heavy (non-hydrogen) atoms. The number of nitriles is 2. The molecule has 0 heterocycles. The number of hydrogen-bond donors (Lipinski definition) is 0. The van der Waals surface area contributed by atoms with Crippen LogP contribution in [0.25, 0.3) is 6.08 Å². The normalized spacial score (nSPS) is 9.23. The number of methoxy groups -OCH3 is 1. The molecule has 0 bridgehead atoms. The largest absolute Gasteiger partial charge is 0.497 e. The summed E-state index contributed by atoms with van der Waals surface area (Å²) in [7, 11) is 1.62. The summed E-state index contributed by atoms with van der Waals surface area (Å²) in [5.41, 5.74) is 1.81. The lowest BCUT2D eigenvalue weighted by atomic mass is 10.1. The maximum atomic E-state index is 8.77. The van der Waals surface area contributed by atoms with Gasteiger partial charge in [0, 0.05) is 0 Å². The van der Waals surface area contributed by atoms with Crippen LogP contribution < -0.4 is 9.47 Å². The van der Waals surface area contributed by atoms with E-state index in [1.54, 1.807) is 13.2 Å². The Labute approximate surface area is 129 Å². The van der Waals surface area contributed by atoms with E-state index in [9.17, 15) is 0 Å². The van der Waals surface area contributed by atoms with Crippen molar-refractivity contribution >= 4 is 6.08 Å². The predicted octanol–water partition coefficient (Wildman–Crippen LogP) is 3.70. The van der Waals surface area contributed by atoms with Crippen LogP contribution in [0.1, 0.15) is 11.1 Å². The van der Waals surface area contributed by atoms with Crippen molar-refractivity contribution < 1.29 is 9.47 Å². The first kappa shape index (κ1) is 15.2. The van der Waals surface area contributed by atoms with E-state index in [-0.39, 0.29) is 5.57 Å². The van der Waals surface area contributed by atoms with Crippen molar-refractivity contribution in [3.63, 3.8) is 0 Å². The summed E-state index contributed by atoms with van der Waals surface area (Å²) in [6.07, 6.45) is 1.53. The number of benzene rings is 2. The van der Waals surface area contributed by atoms with Crippen LogP contribution in [0.4, 0.5) is 0 Å². The van der Waals surface area contributed by atoms with Crippen LogP contribution in [0.5, 0.6) is 11.5 Å². The molecule has 0 saturated heterocycles. The summed E-state index contributed by atoms with van der Waals surface area (Å²) in [4.78, 5) is 0. The van der Waals surface area contributed by atoms with E-state index in [1.807, 2.05) is 54.6 Å². The monoisotopic (exact) mass is 290 g/mol. The van der Waals surface area contributed by atoms with Gasteiger partial charge in [-0.1, -0.05) is 24.3 Å². The Balaban J connectivity index is 2.09. The second kappa shape index (κ2) is 7.52. The predicted molar refractivity (Wildman–Crippen MR) is 83.0 cm³/mol. The van der Waals surface area contributed by atoms with Gasteiger partial charge in [-0.15, -0.1) is 0 Å². The molecule has 0 N–H and O–H groups in total. The number of nitrogens with zero attached hydrogens (tertiary/aromatic N) is 2. The molecule has 0 unspecified atom stereocenters. The fourth-order valence-electron chi connectivity index (χ4n) is 1.88. The molecule has 2 aromatic rings. The third-order valence-electron chi connectivity index (χ3n) is 2.95. The summed E-state index contributed by atoms with van der Waals surface area (Å²) < 4.78 is 10.9. The highest BCUT2D eigenvalue weighted by molar-refractivity contribution is 5.62. The van der Waals surface area contributed by atoms with Crippen molar-refractivity contribution in [3.8, 4) is 23.6 Å². The van der Waals surface area contributed by atoms with Gasteiger partial charge < -0.3 is 9.47 Å². The molecule has 0 spiro atoms. The van der Waals surface area contributed by atoms with Crippen molar-refractivity contribution in [1.82, 2.24) is 0 Å². The van der Waals surface area contributed by atoms with E-state index < -0.39 is 0 Å². The van der Waals surface area contributed by atoms with Gasteiger partial charge in [0.2, 0.25) is 0 Å². The third-order valence-corrected chi connectivity index (χ3v) is 2.95. The van der Waals surface area contributed by atoms with Crippen LogP contribution in [-0.2, 0) is 6.61 Å². The standard InChI is InChI=1S/C18H14N2O2/c1-21-17-6-3-5-15(10-17)13-22-18-7-2-4-14(9-18)8-16(11-19)12-20/h2-10H,13H2,1H3. The van der Waals surface area contributed by atoms with Crippen molar-refractivity contribution in [3.05, 3.63) is 65.2 Å². The molecule has 4 heteroatoms. The van der Waals surface area contributed by atoms with Crippen molar-refractivity contribution in [1.29, 1.82) is 10.5 Å². The minimum atomic E-state index is 0.0601. The van der Waals surface area contributed by atoms with E-state index >= 15 is 0 Å². The van der Waals surface area contributed by atoms with E-state index in [0.717, 1.165) is 16.9 Å². The molecule has 0 amide bonds. The van der Waals surface area contributed by atoms with Gasteiger partial charge in [0.15, 0.2) is 0 Å². The minimum absolute atomic E-state index is 0.0601. The average molecular weight is 290 g/mol. The molecule has 108 valence electrons. The Hall–Kier alpha value is -3.24. The SMILES string of the molecule is COc1cccc(COc2cccc(C=C(C#N)C#N)c2)c1. The molecule has 2 rings (SSSR count). The summed E-state index contributed by atoms with van der Waals surface area (Å²) in [6, 6.07) is 18.6. The minimum Gasteiger partial charge on any atom is -0.497 e. The molecule has 0 aliphatic heterocycles. The number of hydrogen-bond acceptors (Lipinski definition) is 4. The Morgan fingerprint density at radius 2 is 1.77 bits per heavy atom. The van der Waals surface area contributed by atoms with Crippen LogP contribution in [0.15, 0.2) is 54.1 Å². The van der Waals surface area contributed by atoms with E-state index in [4.69, 9.17) is 20.0 Å². The molecule has 0 radical (unpaired) electrons. The van der Waals surface area contributed by atoms with Gasteiger partial charge in [-0.3, -0.25) is 0 Å². The Kier molecular flexibility index (Phi) is 5.18. The maximum absolute atomic E-state index is 8.77. The molecular formula is C18H14N2O2. The van der Waals surface area contributed by atoms with Crippen LogP contribution in [-0.4, -0.2) is 7.11 Å². The van der Waals surface area contributed by atoms with Crippen LogP contribution in [0.2, 0.25) is 0 Å². The molecule has 0 saturated carbocycles. The molecule has 4 nitrogen and oxygen atoms in total. The van der Waals surface area contributed by atoms with Gasteiger partial charge >= 0.3 is 0 Å². The quantitative estimate of drug-likeness (QED) is 0.787. The fourth-order valence-corrected chi connectivity index (χ4v) is 1.88. The molecule has 0 aromatic heterocycles. The number of rotatable bonds is 5. The lowest BCUT2D eigenvalue weighted by Gasteiger charge is -2.08. The first-order valence-electron chi connectivity index (χ1n) is 6.63. The number of allylic oxidation sites excluding steroid dienone is 1. The molecular weight excluding hydrogens is 276 g/mol. The Morgan fingerprint density at radius 1 is 1.05 bits per heavy atom. The van der Waals surface area contributed by atoms with Gasteiger partial charge in [-0.25, -0.2) is 0 Å². The van der Waals surface area contributed by atoms with E-state index in [2.05, 4.69) is 0 Å². The smallest absolute Gasteiger partial charge is 0.130 e. The summed E-state index contributed by atoms with van der Waals surface area (Å²) in [5.74, 6) is 1.46. The second-order valence-electron chi connectivity index (χ2n) is 4.49. The molecule has 0 atom stereocenters. The highest BCUT2D eigenvalue weighted by atomic mass is 16.5. The number of ether oxygens (including phenoxy) is 2. The fraction of sp³-hybridized carbons (Fsp3) is 0.111. The Bertz CT molecular complexity index is 751. The van der Waals surface area contributed by atoms with Crippen LogP contribution in [0.3, 0.4) is 0 Å². The second-order valence-corrected chi connectivity index (χ2v) is 4.49. The van der Waals surface area contributed by atoms with Crippen molar-refractivity contribution in [2.75, 3.05) is 7.11 Å². The lowest BCUT2D eigenvalue weighted by molar-refractivity contribution is 0.305. The zero-order chi connectivity index (χ0) is 15.8. The highest BCUT2D eigenvalue weighted by Crippen LogP contribution is 2.19. The molecule has 0 fully saturated rings. The van der Waals surface area contributed by atoms with Gasteiger partial charge in [0.1, 0.15) is 35.8 Å². The zero-order valence-corrected chi connectivity index (χ0v) is 12.1. The first-order chi connectivity index (χ1) is 10.7. The van der Waals surface area contributed by atoms with E-state index in [1.165, 1.54) is 6.08 Å². The van der Waals surface area contributed by atoms with Crippen molar-refractivity contribution in [2.45, 2.75) is 6.61 Å². The first-order valence-corrected chi connectivity index (χ1v) is 6.63. The van der Waals surface area contributed by atoms with Gasteiger partial charge in [-0.05, 0) is 41.5 Å². The van der Waals surface area contributed by atoms with Gasteiger partial charge in [-0.2, -0.15) is 10.5 Å². The Morgan fingerprint density at radius 3 is 2.50 bits per heavy atom. The summed E-state index contributed by atoms with van der Waals surface area (Å²) in [5, 5.41) is 17.5. The lowest BCUT2D eigenvalue weighted by Crippen LogP contribution is -1.96. The molecule has 2 aromatic carbocycles.